The molecule has 3 aromatic rings. The van der Waals surface area contributed by atoms with Crippen molar-refractivity contribution in [3.8, 4) is 0 Å². The number of alkyl halides is 1. The lowest BCUT2D eigenvalue weighted by Crippen LogP contribution is -2.71. The number of aliphatic imine (C=N–C) groups is 2. The van der Waals surface area contributed by atoms with Crippen molar-refractivity contribution in [1.29, 1.82) is 0 Å². The van der Waals surface area contributed by atoms with Crippen LogP contribution in [0.15, 0.2) is 77.4 Å². The molecule has 4 aliphatic heterocycles. The number of nitrogens with one attached hydrogen (secondary N) is 2. The highest BCUT2D eigenvalue weighted by Crippen LogP contribution is 2.64. The summed E-state index contributed by atoms with van der Waals surface area (Å²) >= 11 is 6.92. The molecule has 1 saturated carbocycles. The Labute approximate surface area is 268 Å². The first-order valence-electron chi connectivity index (χ1n) is 14.8. The number of nitrogens with zero attached hydrogens (tertiary/aromatic N) is 6. The highest BCUT2D eigenvalue weighted by molar-refractivity contribution is 6.22. The third-order valence-electron chi connectivity index (χ3n) is 9.73. The number of rotatable bonds is 5. The summed E-state index contributed by atoms with van der Waals surface area (Å²) in [6, 6.07) is 11.3. The molecule has 0 bridgehead atoms. The Kier molecular flexibility index (Phi) is 7.06. The van der Waals surface area contributed by atoms with E-state index in [0.29, 0.717) is 18.8 Å². The second-order valence-electron chi connectivity index (χ2n) is 12.1. The molecule has 10 N–H and O–H groups in total. The van der Waals surface area contributed by atoms with Gasteiger partial charge in [0.25, 0.3) is 5.91 Å². The quantitative estimate of drug-likeness (QED) is 0.139. The van der Waals surface area contributed by atoms with Crippen LogP contribution in [0.25, 0.3) is 6.08 Å². The van der Waals surface area contributed by atoms with Crippen molar-refractivity contribution in [1.82, 2.24) is 29.7 Å². The van der Waals surface area contributed by atoms with E-state index in [1.54, 1.807) is 29.6 Å². The molecule has 1 saturated heterocycles. The van der Waals surface area contributed by atoms with Gasteiger partial charge in [0.05, 0.1) is 11.7 Å². The van der Waals surface area contributed by atoms with Crippen LogP contribution >= 0.6 is 11.6 Å². The molecule has 46 heavy (non-hydrogen) atoms. The minimum atomic E-state index is -1.18. The third kappa shape index (κ3) is 4.29. The van der Waals surface area contributed by atoms with Crippen molar-refractivity contribution in [2.45, 2.75) is 35.5 Å². The molecule has 8 rings (SSSR count). The Morgan fingerprint density at radius 3 is 2.61 bits per heavy atom. The zero-order chi connectivity index (χ0) is 32.4. The van der Waals surface area contributed by atoms with Crippen molar-refractivity contribution in [3.05, 3.63) is 84.2 Å². The Hall–Kier alpha value is -4.86. The number of carboxylic acids is 1. The topological polar surface area (TPSA) is 227 Å². The van der Waals surface area contributed by atoms with Crippen LogP contribution in [0.4, 0.5) is 0 Å². The molecule has 1 aromatic carbocycles. The standard InChI is InChI=1S/C17H22ClN9O2.C13H12N2O2/c18-10-6(4-19)7-5-27-11(28)8-2-1-3-26(8)12-17(27,25-14(20)22-12)9(7)16(10)13(29)23-15(21)24-16;16-13(17)6-5-11-1-3-12(4-2-11)9-15-8-7-14-10-15/h1-3,6-7,9-10,12-13,29H,4-5,19H2,(H3,20,22,25)(H3,21,23,24);1-8,10H,9H2,(H,16,17)/b;6-5+/t6-,7+,9+,10-,12+,13-,16+,17-;/m1./s1. The van der Waals surface area contributed by atoms with Crippen molar-refractivity contribution in [2.24, 2.45) is 44.9 Å². The summed E-state index contributed by atoms with van der Waals surface area (Å²) < 4.78 is 3.80. The first-order valence-corrected chi connectivity index (χ1v) is 15.2. The van der Waals surface area contributed by atoms with Crippen LogP contribution in [0.3, 0.4) is 0 Å². The van der Waals surface area contributed by atoms with E-state index in [1.807, 2.05) is 51.9 Å². The number of aliphatic hydroxyl groups is 1. The van der Waals surface area contributed by atoms with Gasteiger partial charge in [0, 0.05) is 43.7 Å². The van der Waals surface area contributed by atoms with Crippen molar-refractivity contribution < 1.29 is 19.8 Å². The van der Waals surface area contributed by atoms with Crippen LogP contribution in [0.2, 0.25) is 0 Å². The zero-order valence-corrected chi connectivity index (χ0v) is 25.3. The highest BCUT2D eigenvalue weighted by Gasteiger charge is 2.79. The summed E-state index contributed by atoms with van der Waals surface area (Å²) in [6.07, 6.45) is 8.29. The van der Waals surface area contributed by atoms with Gasteiger partial charge in [-0.25, -0.2) is 19.8 Å². The SMILES string of the molecule is NC[C@@H]1[C@@H]2CN3C(=O)c4cccn4[C@@H]4N=C(N)N[C@@]43[C@@H]2[C@]2(N=C(N)N[C@@H]2O)[C@@H]1Cl.O=C(O)/C=C/c1ccc(Cn2ccnc2)cc1. The van der Waals surface area contributed by atoms with E-state index in [4.69, 9.17) is 33.9 Å². The predicted octanol–water partition coefficient (Wildman–Crippen LogP) is -0.497. The summed E-state index contributed by atoms with van der Waals surface area (Å²) in [6.45, 7) is 1.48. The largest absolute Gasteiger partial charge is 0.478 e. The lowest BCUT2D eigenvalue weighted by atomic mass is 9.74. The van der Waals surface area contributed by atoms with Gasteiger partial charge < -0.3 is 52.1 Å². The van der Waals surface area contributed by atoms with E-state index in [1.165, 1.54) is 0 Å². The molecule has 2 aromatic heterocycles. The number of guanidine groups is 2. The lowest BCUT2D eigenvalue weighted by Gasteiger charge is -2.50. The van der Waals surface area contributed by atoms with Crippen LogP contribution in [-0.2, 0) is 11.3 Å². The fourth-order valence-corrected chi connectivity index (χ4v) is 8.59. The molecule has 240 valence electrons. The molecule has 2 fully saturated rings. The van der Waals surface area contributed by atoms with Gasteiger partial charge in [-0.05, 0) is 47.7 Å². The maximum Gasteiger partial charge on any atom is 0.328 e. The predicted molar refractivity (Wildman–Crippen MR) is 169 cm³/mol. The van der Waals surface area contributed by atoms with Gasteiger partial charge in [-0.15, -0.1) is 11.6 Å². The van der Waals surface area contributed by atoms with E-state index in [2.05, 4.69) is 25.6 Å². The van der Waals surface area contributed by atoms with Crippen LogP contribution in [0, 0.1) is 17.8 Å². The Balaban J connectivity index is 0.000000170. The third-order valence-corrected chi connectivity index (χ3v) is 10.4. The van der Waals surface area contributed by atoms with Crippen molar-refractivity contribution in [2.75, 3.05) is 13.1 Å². The summed E-state index contributed by atoms with van der Waals surface area (Å²) in [5.41, 5.74) is 18.6. The van der Waals surface area contributed by atoms with Gasteiger partial charge in [0.1, 0.15) is 11.2 Å². The normalized spacial score (nSPS) is 33.4. The number of nitrogens with two attached hydrogens (primary N) is 3. The Morgan fingerprint density at radius 2 is 1.96 bits per heavy atom. The number of amides is 1. The minimum absolute atomic E-state index is 0.113. The van der Waals surface area contributed by atoms with Gasteiger partial charge in [-0.1, -0.05) is 24.3 Å². The van der Waals surface area contributed by atoms with Crippen LogP contribution in [-0.4, -0.2) is 88.9 Å². The van der Waals surface area contributed by atoms with E-state index in [0.717, 1.165) is 23.7 Å². The fourth-order valence-electron chi connectivity index (χ4n) is 8.00. The molecule has 2 spiro atoms. The number of carbonyl (C=O) groups is 2. The van der Waals surface area contributed by atoms with Crippen molar-refractivity contribution >= 4 is 41.5 Å². The van der Waals surface area contributed by atoms with Crippen molar-refractivity contribution in [3.63, 3.8) is 0 Å². The van der Waals surface area contributed by atoms with E-state index < -0.39 is 40.9 Å². The molecule has 6 heterocycles. The summed E-state index contributed by atoms with van der Waals surface area (Å²) in [7, 11) is 0. The molecule has 8 atom stereocenters. The average Bonchev–Trinajstić information content (AvgIpc) is 3.86. The maximum absolute atomic E-state index is 13.4. The highest BCUT2D eigenvalue weighted by atomic mass is 35.5. The number of imidazole rings is 1. The lowest BCUT2D eigenvalue weighted by molar-refractivity contribution is -0.131. The molecular weight excluding hydrogens is 614 g/mol. The number of benzene rings is 1. The Morgan fingerprint density at radius 1 is 1.17 bits per heavy atom. The second kappa shape index (κ2) is 10.9. The van der Waals surface area contributed by atoms with E-state index in [-0.39, 0.29) is 29.7 Å². The number of aromatic nitrogens is 3. The van der Waals surface area contributed by atoms with E-state index >= 15 is 0 Å². The maximum atomic E-state index is 13.4. The number of aliphatic carboxylic acids is 1. The Bertz CT molecular complexity index is 1760. The number of halogens is 1. The molecule has 1 aliphatic carbocycles. The minimum Gasteiger partial charge on any atom is -0.478 e. The molecular formula is C30H34ClN11O4. The number of hydrogen-bond acceptors (Lipinski definition) is 11. The summed E-state index contributed by atoms with van der Waals surface area (Å²) in [5.74, 6) is -1.43. The number of carbonyl (C=O) groups excluding carboxylic acids is 1. The fraction of sp³-hybridized carbons (Fsp3) is 0.367. The number of hydrogen-bond donors (Lipinski definition) is 7. The van der Waals surface area contributed by atoms with Gasteiger partial charge >= 0.3 is 5.97 Å². The van der Waals surface area contributed by atoms with E-state index in [9.17, 15) is 14.7 Å². The molecule has 0 unspecified atom stereocenters. The van der Waals surface area contributed by atoms with Gasteiger partial charge in [0.2, 0.25) is 0 Å². The van der Waals surface area contributed by atoms with Crippen LogP contribution in [0.5, 0.6) is 0 Å². The number of fused-ring (bicyclic) bond motifs is 4. The summed E-state index contributed by atoms with van der Waals surface area (Å²) in [4.78, 5) is 38.8. The van der Waals surface area contributed by atoms with Gasteiger partial charge in [-0.3, -0.25) is 4.79 Å². The smallest absolute Gasteiger partial charge is 0.328 e. The van der Waals surface area contributed by atoms with Gasteiger partial charge in [0.15, 0.2) is 30.0 Å². The second-order valence-corrected chi connectivity index (χ2v) is 12.5. The van der Waals surface area contributed by atoms with Crippen LogP contribution < -0.4 is 27.8 Å². The first-order chi connectivity index (χ1) is 22.1. The summed E-state index contributed by atoms with van der Waals surface area (Å²) in [5, 5.41) is 25.0. The molecule has 1 amide bonds. The molecule has 5 aliphatic rings. The van der Waals surface area contributed by atoms with Crippen LogP contribution in [0.1, 0.15) is 27.8 Å². The zero-order valence-electron chi connectivity index (χ0n) is 24.5. The number of aliphatic hydroxyl groups excluding tert-OH is 1. The first kappa shape index (κ1) is 29.8. The monoisotopic (exact) mass is 647 g/mol. The average molecular weight is 648 g/mol. The molecule has 15 nitrogen and oxygen atoms in total. The molecule has 0 radical (unpaired) electrons. The van der Waals surface area contributed by atoms with Gasteiger partial charge in [-0.2, -0.15) is 0 Å². The number of carboxylic acid groups (broad SMARTS) is 1. The molecule has 16 heteroatoms.